The van der Waals surface area contributed by atoms with E-state index >= 15 is 0 Å². The van der Waals surface area contributed by atoms with Crippen LogP contribution in [-0.4, -0.2) is 44.3 Å². The van der Waals surface area contributed by atoms with Crippen LogP contribution in [0.25, 0.3) is 0 Å². The van der Waals surface area contributed by atoms with Crippen molar-refractivity contribution in [3.63, 3.8) is 0 Å². The number of amides is 1. The van der Waals surface area contributed by atoms with Crippen molar-refractivity contribution in [2.75, 3.05) is 6.54 Å². The van der Waals surface area contributed by atoms with Crippen LogP contribution in [0.1, 0.15) is 44.1 Å². The van der Waals surface area contributed by atoms with Crippen LogP contribution in [-0.2, 0) is 22.6 Å². The Kier molecular flexibility index (Phi) is 5.12. The Morgan fingerprint density at radius 1 is 1.35 bits per heavy atom. The smallest absolute Gasteiger partial charge is 0.308 e. The summed E-state index contributed by atoms with van der Waals surface area (Å²) in [5, 5.41) is 13.7. The molecule has 2 atom stereocenters. The average Bonchev–Trinajstić information content (AvgIpc) is 2.94. The lowest BCUT2D eigenvalue weighted by Gasteiger charge is -2.23. The summed E-state index contributed by atoms with van der Waals surface area (Å²) in [6, 6.07) is -0.244. The Morgan fingerprint density at radius 3 is 2.52 bits per heavy atom. The molecule has 0 spiro atoms. The molecule has 6 heteroatoms. The van der Waals surface area contributed by atoms with E-state index in [1.54, 1.807) is 4.90 Å². The Bertz CT molecular complexity index is 606. The van der Waals surface area contributed by atoms with Crippen LogP contribution in [0, 0.1) is 25.7 Å². The fourth-order valence-electron chi connectivity index (χ4n) is 3.39. The lowest BCUT2D eigenvalue weighted by Crippen LogP contribution is -2.38. The number of carbonyl (C=O) groups is 2. The molecule has 23 heavy (non-hydrogen) atoms. The summed E-state index contributed by atoms with van der Waals surface area (Å²) in [6.45, 7) is 11.4. The van der Waals surface area contributed by atoms with Crippen molar-refractivity contribution in [1.82, 2.24) is 14.7 Å². The molecule has 2 rings (SSSR count). The van der Waals surface area contributed by atoms with Gasteiger partial charge in [-0.1, -0.05) is 13.8 Å². The number of carboxylic acid groups (broad SMARTS) is 1. The summed E-state index contributed by atoms with van der Waals surface area (Å²) in [5.41, 5.74) is 2.89. The number of aryl methyl sites for hydroxylation is 1. The Balaban J connectivity index is 2.12. The van der Waals surface area contributed by atoms with E-state index in [1.807, 2.05) is 25.5 Å². The fraction of sp³-hybridized carbons (Fsp3) is 0.706. The molecule has 1 fully saturated rings. The van der Waals surface area contributed by atoms with E-state index in [1.165, 1.54) is 0 Å². The summed E-state index contributed by atoms with van der Waals surface area (Å²) in [5.74, 6) is -0.780. The summed E-state index contributed by atoms with van der Waals surface area (Å²) >= 11 is 0. The van der Waals surface area contributed by atoms with Crippen LogP contribution in [0.5, 0.6) is 0 Å². The number of aliphatic carboxylic acids is 1. The minimum Gasteiger partial charge on any atom is -0.481 e. The van der Waals surface area contributed by atoms with Crippen LogP contribution in [0.2, 0.25) is 0 Å². The molecule has 1 aromatic heterocycles. The van der Waals surface area contributed by atoms with Gasteiger partial charge in [-0.3, -0.25) is 14.3 Å². The summed E-state index contributed by atoms with van der Waals surface area (Å²) in [7, 11) is 0. The van der Waals surface area contributed by atoms with Gasteiger partial charge in [0.05, 0.1) is 18.0 Å². The molecule has 0 saturated carbocycles. The SMILES string of the molecule is Cc1nn(CC(C)C)c(C)c1CC(=O)N1CCC(C(=O)O)C1C. The molecule has 0 aliphatic carbocycles. The molecule has 1 amide bonds. The standard InChI is InChI=1S/C17H27N3O3/c1-10(2)9-20-13(5)15(11(3)18-20)8-16(21)19-7-6-14(12(19)4)17(22)23/h10,12,14H,6-9H2,1-5H3,(H,22,23). The molecule has 0 aromatic carbocycles. The molecule has 1 aliphatic heterocycles. The predicted molar refractivity (Wildman–Crippen MR) is 87.2 cm³/mol. The second kappa shape index (κ2) is 6.72. The van der Waals surface area contributed by atoms with E-state index in [4.69, 9.17) is 0 Å². The first-order chi connectivity index (χ1) is 10.7. The quantitative estimate of drug-likeness (QED) is 0.900. The zero-order valence-corrected chi connectivity index (χ0v) is 14.7. The third-order valence-electron chi connectivity index (χ3n) is 4.79. The van der Waals surface area contributed by atoms with Gasteiger partial charge in [0.2, 0.25) is 5.91 Å². The highest BCUT2D eigenvalue weighted by atomic mass is 16.4. The van der Waals surface area contributed by atoms with Crippen LogP contribution >= 0.6 is 0 Å². The van der Waals surface area contributed by atoms with Gasteiger partial charge in [0, 0.05) is 30.4 Å². The van der Waals surface area contributed by atoms with Gasteiger partial charge in [-0.05, 0) is 33.1 Å². The maximum atomic E-state index is 12.6. The molecule has 1 saturated heterocycles. The maximum absolute atomic E-state index is 12.6. The van der Waals surface area contributed by atoms with Crippen LogP contribution in [0.15, 0.2) is 0 Å². The second-order valence-electron chi connectivity index (χ2n) is 6.96. The number of aromatic nitrogens is 2. The number of carboxylic acids is 1. The Morgan fingerprint density at radius 2 is 2.00 bits per heavy atom. The number of likely N-dealkylation sites (tertiary alicyclic amines) is 1. The lowest BCUT2D eigenvalue weighted by molar-refractivity contribution is -0.143. The van der Waals surface area contributed by atoms with E-state index in [0.29, 0.717) is 25.3 Å². The first-order valence-corrected chi connectivity index (χ1v) is 8.27. The molecule has 6 nitrogen and oxygen atoms in total. The van der Waals surface area contributed by atoms with E-state index in [-0.39, 0.29) is 11.9 Å². The van der Waals surface area contributed by atoms with Crippen molar-refractivity contribution in [1.29, 1.82) is 0 Å². The Labute approximate surface area is 137 Å². The highest BCUT2D eigenvalue weighted by Crippen LogP contribution is 2.26. The lowest BCUT2D eigenvalue weighted by atomic mass is 10.0. The number of carbonyl (C=O) groups excluding carboxylic acids is 1. The van der Waals surface area contributed by atoms with Crippen molar-refractivity contribution in [3.05, 3.63) is 17.0 Å². The van der Waals surface area contributed by atoms with Crippen molar-refractivity contribution < 1.29 is 14.7 Å². The van der Waals surface area contributed by atoms with Crippen LogP contribution in [0.3, 0.4) is 0 Å². The van der Waals surface area contributed by atoms with E-state index in [9.17, 15) is 14.7 Å². The molecule has 1 aromatic rings. The van der Waals surface area contributed by atoms with Crippen molar-refractivity contribution in [2.24, 2.45) is 11.8 Å². The number of nitrogens with zero attached hydrogens (tertiary/aromatic N) is 3. The summed E-state index contributed by atoms with van der Waals surface area (Å²) in [4.78, 5) is 25.5. The molecule has 1 N–H and O–H groups in total. The molecule has 2 heterocycles. The highest BCUT2D eigenvalue weighted by Gasteiger charge is 2.38. The zero-order valence-electron chi connectivity index (χ0n) is 14.7. The van der Waals surface area contributed by atoms with Gasteiger partial charge < -0.3 is 10.0 Å². The molecular formula is C17H27N3O3. The van der Waals surface area contributed by atoms with Gasteiger partial charge >= 0.3 is 5.97 Å². The largest absolute Gasteiger partial charge is 0.481 e. The van der Waals surface area contributed by atoms with Crippen molar-refractivity contribution in [2.45, 2.75) is 60.0 Å². The topological polar surface area (TPSA) is 75.4 Å². The molecule has 0 radical (unpaired) electrons. The van der Waals surface area contributed by atoms with E-state index in [2.05, 4.69) is 18.9 Å². The van der Waals surface area contributed by atoms with E-state index < -0.39 is 11.9 Å². The molecule has 0 bridgehead atoms. The molecule has 128 valence electrons. The van der Waals surface area contributed by atoms with Gasteiger partial charge in [0.1, 0.15) is 0 Å². The average molecular weight is 321 g/mol. The highest BCUT2D eigenvalue weighted by molar-refractivity contribution is 5.81. The number of rotatable bonds is 5. The second-order valence-corrected chi connectivity index (χ2v) is 6.96. The van der Waals surface area contributed by atoms with Crippen molar-refractivity contribution >= 4 is 11.9 Å². The van der Waals surface area contributed by atoms with Gasteiger partial charge in [-0.2, -0.15) is 5.10 Å². The summed E-state index contributed by atoms with van der Waals surface area (Å²) in [6.07, 6.45) is 0.833. The van der Waals surface area contributed by atoms with Crippen LogP contribution in [0.4, 0.5) is 0 Å². The third-order valence-corrected chi connectivity index (χ3v) is 4.79. The predicted octanol–water partition coefficient (Wildman–Crippen LogP) is 2.02. The van der Waals surface area contributed by atoms with Gasteiger partial charge in [-0.15, -0.1) is 0 Å². The minimum atomic E-state index is -0.815. The first kappa shape index (κ1) is 17.5. The Hall–Kier alpha value is -1.85. The minimum absolute atomic E-state index is 0.00320. The third kappa shape index (κ3) is 3.57. The fourth-order valence-corrected chi connectivity index (χ4v) is 3.39. The molecule has 1 aliphatic rings. The molecular weight excluding hydrogens is 294 g/mol. The van der Waals surface area contributed by atoms with Gasteiger partial charge in [0.15, 0.2) is 0 Å². The maximum Gasteiger partial charge on any atom is 0.308 e. The first-order valence-electron chi connectivity index (χ1n) is 8.27. The van der Waals surface area contributed by atoms with Crippen LogP contribution < -0.4 is 0 Å². The van der Waals surface area contributed by atoms with Gasteiger partial charge in [0.25, 0.3) is 0 Å². The van der Waals surface area contributed by atoms with Crippen molar-refractivity contribution in [3.8, 4) is 0 Å². The number of hydrogen-bond donors (Lipinski definition) is 1. The van der Waals surface area contributed by atoms with E-state index in [0.717, 1.165) is 23.5 Å². The summed E-state index contributed by atoms with van der Waals surface area (Å²) < 4.78 is 1.97. The monoisotopic (exact) mass is 321 g/mol. The zero-order chi connectivity index (χ0) is 17.3. The number of hydrogen-bond acceptors (Lipinski definition) is 3. The normalized spacial score (nSPS) is 21.2. The molecule has 2 unspecified atom stereocenters. The van der Waals surface area contributed by atoms with Gasteiger partial charge in [-0.25, -0.2) is 0 Å².